The van der Waals surface area contributed by atoms with Gasteiger partial charge in [-0.3, -0.25) is 0 Å². The Labute approximate surface area is 188 Å². The van der Waals surface area contributed by atoms with E-state index >= 15 is 0 Å². The quantitative estimate of drug-likeness (QED) is 0.231. The fourth-order valence-electron chi connectivity index (χ4n) is 4.42. The molecule has 0 aliphatic rings. The van der Waals surface area contributed by atoms with Crippen LogP contribution in [0.3, 0.4) is 0 Å². The fraction of sp³-hybridized carbons (Fsp3) is 0.536. The lowest BCUT2D eigenvalue weighted by molar-refractivity contribution is 0.0460. The lowest BCUT2D eigenvalue weighted by Crippen LogP contribution is -2.13. The summed E-state index contributed by atoms with van der Waals surface area (Å²) in [5, 5.41) is 9.31. The van der Waals surface area contributed by atoms with E-state index < -0.39 is 6.16 Å². The highest BCUT2D eigenvalue weighted by molar-refractivity contribution is 5.57. The molecule has 0 saturated carbocycles. The van der Waals surface area contributed by atoms with Crippen LogP contribution in [0.15, 0.2) is 48.5 Å². The SMILES string of the molecule is CCCc1cccc(C(CCCCCCCCc2ccccc2)OC(=O)O)c1CCC. The third kappa shape index (κ3) is 9.16. The van der Waals surface area contributed by atoms with Crippen molar-refractivity contribution in [3.05, 3.63) is 70.8 Å². The van der Waals surface area contributed by atoms with E-state index in [1.807, 2.05) is 0 Å². The molecule has 1 unspecified atom stereocenters. The summed E-state index contributed by atoms with van der Waals surface area (Å²) in [6, 6.07) is 17.0. The van der Waals surface area contributed by atoms with Crippen molar-refractivity contribution < 1.29 is 14.6 Å². The van der Waals surface area contributed by atoms with Gasteiger partial charge in [-0.1, -0.05) is 101 Å². The first kappa shape index (κ1) is 25.0. The Morgan fingerprint density at radius 2 is 1.48 bits per heavy atom. The van der Waals surface area contributed by atoms with Crippen LogP contribution in [0.25, 0.3) is 0 Å². The molecule has 3 nitrogen and oxygen atoms in total. The van der Waals surface area contributed by atoms with Crippen LogP contribution in [0.4, 0.5) is 4.79 Å². The number of benzene rings is 2. The summed E-state index contributed by atoms with van der Waals surface area (Å²) in [7, 11) is 0. The number of unbranched alkanes of at least 4 members (excludes halogenated alkanes) is 5. The maximum Gasteiger partial charge on any atom is 0.506 e. The molecule has 0 heterocycles. The van der Waals surface area contributed by atoms with Crippen molar-refractivity contribution in [2.24, 2.45) is 0 Å². The van der Waals surface area contributed by atoms with Crippen molar-refractivity contribution in [2.75, 3.05) is 0 Å². The molecular weight excluding hydrogens is 384 g/mol. The zero-order chi connectivity index (χ0) is 22.3. The van der Waals surface area contributed by atoms with Gasteiger partial charge in [0.2, 0.25) is 0 Å². The van der Waals surface area contributed by atoms with E-state index in [1.54, 1.807) is 0 Å². The van der Waals surface area contributed by atoms with Crippen LogP contribution in [0, 0.1) is 0 Å². The Balaban J connectivity index is 1.82. The normalized spacial score (nSPS) is 11.9. The van der Waals surface area contributed by atoms with E-state index in [0.717, 1.165) is 56.9 Å². The molecule has 0 amide bonds. The van der Waals surface area contributed by atoms with Gasteiger partial charge in [-0.05, 0) is 60.8 Å². The van der Waals surface area contributed by atoms with Gasteiger partial charge in [0.15, 0.2) is 0 Å². The smallest absolute Gasteiger partial charge is 0.450 e. The monoisotopic (exact) mass is 424 g/mol. The highest BCUT2D eigenvalue weighted by Crippen LogP contribution is 2.31. The maximum absolute atomic E-state index is 11.4. The third-order valence-electron chi connectivity index (χ3n) is 5.94. The Kier molecular flexibility index (Phi) is 11.8. The van der Waals surface area contributed by atoms with Crippen molar-refractivity contribution >= 4 is 6.16 Å². The molecule has 170 valence electrons. The van der Waals surface area contributed by atoms with Crippen LogP contribution in [0.5, 0.6) is 0 Å². The molecule has 2 aromatic carbocycles. The van der Waals surface area contributed by atoms with E-state index in [4.69, 9.17) is 4.74 Å². The number of hydrogen-bond donors (Lipinski definition) is 1. The van der Waals surface area contributed by atoms with E-state index in [9.17, 15) is 9.90 Å². The second-order valence-electron chi connectivity index (χ2n) is 8.50. The van der Waals surface area contributed by atoms with Crippen molar-refractivity contribution in [1.82, 2.24) is 0 Å². The second kappa shape index (κ2) is 14.7. The highest BCUT2D eigenvalue weighted by atomic mass is 16.7. The number of hydrogen-bond acceptors (Lipinski definition) is 2. The summed E-state index contributed by atoms with van der Waals surface area (Å²) in [4.78, 5) is 11.4. The number of ether oxygens (including phenoxy) is 1. The highest BCUT2D eigenvalue weighted by Gasteiger charge is 2.20. The lowest BCUT2D eigenvalue weighted by atomic mass is 9.90. The Bertz CT molecular complexity index is 754. The van der Waals surface area contributed by atoms with Gasteiger partial charge in [-0.15, -0.1) is 0 Å². The summed E-state index contributed by atoms with van der Waals surface area (Å²) in [6.07, 6.45) is 11.6. The van der Waals surface area contributed by atoms with Crippen LogP contribution < -0.4 is 0 Å². The van der Waals surface area contributed by atoms with Gasteiger partial charge in [-0.2, -0.15) is 0 Å². The van der Waals surface area contributed by atoms with Crippen LogP contribution in [0.1, 0.15) is 100.0 Å². The van der Waals surface area contributed by atoms with E-state index in [2.05, 4.69) is 62.4 Å². The van der Waals surface area contributed by atoms with Gasteiger partial charge in [0.1, 0.15) is 6.10 Å². The van der Waals surface area contributed by atoms with Crippen LogP contribution in [-0.2, 0) is 24.0 Å². The van der Waals surface area contributed by atoms with Crippen LogP contribution >= 0.6 is 0 Å². The van der Waals surface area contributed by atoms with Crippen LogP contribution in [0.2, 0.25) is 0 Å². The molecule has 2 rings (SSSR count). The minimum atomic E-state index is -1.17. The van der Waals surface area contributed by atoms with Gasteiger partial charge in [0.05, 0.1) is 0 Å². The third-order valence-corrected chi connectivity index (χ3v) is 5.94. The van der Waals surface area contributed by atoms with Crippen molar-refractivity contribution in [1.29, 1.82) is 0 Å². The second-order valence-corrected chi connectivity index (χ2v) is 8.50. The van der Waals surface area contributed by atoms with Gasteiger partial charge in [0, 0.05) is 0 Å². The number of aryl methyl sites for hydroxylation is 2. The molecule has 0 aliphatic carbocycles. The standard InChI is InChI=1S/C28H40O3/c1-3-15-24-20-14-21-26(25(24)16-4-2)27(31-28(29)30)22-13-8-6-5-7-10-17-23-18-11-9-12-19-23/h9,11-12,14,18-21,27H,3-8,10,13,15-17,22H2,1-2H3,(H,29,30). The predicted molar refractivity (Wildman–Crippen MR) is 129 cm³/mol. The predicted octanol–water partition coefficient (Wildman–Crippen LogP) is 8.30. The van der Waals surface area contributed by atoms with Crippen molar-refractivity contribution in [3.8, 4) is 0 Å². The number of carbonyl (C=O) groups is 1. The molecule has 0 aliphatic heterocycles. The molecule has 31 heavy (non-hydrogen) atoms. The number of carboxylic acid groups (broad SMARTS) is 1. The zero-order valence-electron chi connectivity index (χ0n) is 19.4. The van der Waals surface area contributed by atoms with Crippen molar-refractivity contribution in [3.63, 3.8) is 0 Å². The molecule has 0 fully saturated rings. The molecule has 1 N–H and O–H groups in total. The summed E-state index contributed by atoms with van der Waals surface area (Å²) in [6.45, 7) is 4.37. The average molecular weight is 425 g/mol. The van der Waals surface area contributed by atoms with Crippen molar-refractivity contribution in [2.45, 2.75) is 97.0 Å². The van der Waals surface area contributed by atoms with Gasteiger partial charge in [-0.25, -0.2) is 4.79 Å². The minimum absolute atomic E-state index is 0.353. The Hall–Kier alpha value is -2.29. The average Bonchev–Trinajstić information content (AvgIpc) is 2.76. The first-order valence-electron chi connectivity index (χ1n) is 12.2. The van der Waals surface area contributed by atoms with E-state index in [0.29, 0.717) is 0 Å². The van der Waals surface area contributed by atoms with Gasteiger partial charge in [0.25, 0.3) is 0 Å². The van der Waals surface area contributed by atoms with Gasteiger partial charge >= 0.3 is 6.16 Å². The zero-order valence-corrected chi connectivity index (χ0v) is 19.4. The molecule has 3 heteroatoms. The molecule has 0 saturated heterocycles. The first-order valence-corrected chi connectivity index (χ1v) is 12.2. The molecule has 1 atom stereocenters. The molecule has 0 radical (unpaired) electrons. The maximum atomic E-state index is 11.4. The van der Waals surface area contributed by atoms with Crippen LogP contribution in [-0.4, -0.2) is 11.3 Å². The summed E-state index contributed by atoms with van der Waals surface area (Å²) in [5.74, 6) is 0. The topological polar surface area (TPSA) is 46.5 Å². The fourth-order valence-corrected chi connectivity index (χ4v) is 4.42. The Morgan fingerprint density at radius 1 is 0.806 bits per heavy atom. The molecule has 0 bridgehead atoms. The molecule has 0 aromatic heterocycles. The van der Waals surface area contributed by atoms with E-state index in [1.165, 1.54) is 42.4 Å². The summed E-state index contributed by atoms with van der Waals surface area (Å²) < 4.78 is 5.37. The lowest BCUT2D eigenvalue weighted by Gasteiger charge is -2.22. The first-order chi connectivity index (χ1) is 15.2. The molecular formula is C28H40O3. The van der Waals surface area contributed by atoms with E-state index in [-0.39, 0.29) is 6.10 Å². The number of rotatable bonds is 15. The largest absolute Gasteiger partial charge is 0.506 e. The Morgan fingerprint density at radius 3 is 2.16 bits per heavy atom. The summed E-state index contributed by atoms with van der Waals surface area (Å²) in [5.41, 5.74) is 5.15. The molecule has 0 spiro atoms. The molecule has 2 aromatic rings. The minimum Gasteiger partial charge on any atom is -0.450 e. The van der Waals surface area contributed by atoms with Gasteiger partial charge < -0.3 is 9.84 Å². The summed E-state index contributed by atoms with van der Waals surface area (Å²) >= 11 is 0.